The number of hydrogen-bond acceptors (Lipinski definition) is 4. The monoisotopic (exact) mass is 472 g/mol. The number of rotatable bonds is 9. The summed E-state index contributed by atoms with van der Waals surface area (Å²) in [6, 6.07) is 23.5. The fourth-order valence-corrected chi connectivity index (χ4v) is 3.69. The SMILES string of the molecule is CN(C)c1ccc(-c2ccc(CN(C(=O)CC(C)(C)O)c3cccc(C=CC(=O)O)c3)cc2)cc1. The van der Waals surface area contributed by atoms with E-state index in [-0.39, 0.29) is 12.3 Å². The molecule has 1 amide bonds. The van der Waals surface area contributed by atoms with Crippen LogP contribution in [-0.4, -0.2) is 41.8 Å². The summed E-state index contributed by atoms with van der Waals surface area (Å²) in [4.78, 5) is 27.7. The third kappa shape index (κ3) is 7.55. The molecule has 182 valence electrons. The van der Waals surface area contributed by atoms with Gasteiger partial charge in [-0.3, -0.25) is 4.79 Å². The Kier molecular flexibility index (Phi) is 8.10. The van der Waals surface area contributed by atoms with Gasteiger partial charge < -0.3 is 20.0 Å². The van der Waals surface area contributed by atoms with Gasteiger partial charge in [0.2, 0.25) is 5.91 Å². The van der Waals surface area contributed by atoms with E-state index >= 15 is 0 Å². The molecular formula is C29H32N2O4. The molecule has 3 rings (SSSR count). The van der Waals surface area contributed by atoms with E-state index in [0.29, 0.717) is 17.8 Å². The standard InChI is InChI=1S/C29H32N2O4/c1-29(2,35)19-27(32)31(26-7-5-6-21(18-26)10-17-28(33)34)20-22-8-11-23(12-9-22)24-13-15-25(16-14-24)30(3)4/h5-18,35H,19-20H2,1-4H3,(H,33,34). The van der Waals surface area contributed by atoms with Crippen LogP contribution in [0.3, 0.4) is 0 Å². The first-order valence-corrected chi connectivity index (χ1v) is 11.4. The van der Waals surface area contributed by atoms with Gasteiger partial charge in [0.1, 0.15) is 0 Å². The predicted octanol–water partition coefficient (Wildman–Crippen LogP) is 5.21. The Morgan fingerprint density at radius 2 is 1.49 bits per heavy atom. The van der Waals surface area contributed by atoms with Crippen LogP contribution in [0.15, 0.2) is 78.9 Å². The number of amides is 1. The summed E-state index contributed by atoms with van der Waals surface area (Å²) in [7, 11) is 4.01. The summed E-state index contributed by atoms with van der Waals surface area (Å²) in [5.41, 5.74) is 4.40. The maximum absolute atomic E-state index is 13.2. The highest BCUT2D eigenvalue weighted by atomic mass is 16.4. The van der Waals surface area contributed by atoms with Crippen LogP contribution in [0.25, 0.3) is 17.2 Å². The van der Waals surface area contributed by atoms with Gasteiger partial charge in [0.25, 0.3) is 0 Å². The first-order chi connectivity index (χ1) is 16.5. The van der Waals surface area contributed by atoms with Gasteiger partial charge in [0.15, 0.2) is 0 Å². The second-order valence-corrected chi connectivity index (χ2v) is 9.37. The normalized spacial score (nSPS) is 11.5. The second-order valence-electron chi connectivity index (χ2n) is 9.37. The second kappa shape index (κ2) is 11.0. The Hall–Kier alpha value is -3.90. The number of anilines is 2. The zero-order valence-electron chi connectivity index (χ0n) is 20.6. The molecule has 0 aromatic heterocycles. The van der Waals surface area contributed by atoms with Gasteiger partial charge in [0, 0.05) is 31.5 Å². The summed E-state index contributed by atoms with van der Waals surface area (Å²) in [5, 5.41) is 19.2. The smallest absolute Gasteiger partial charge is 0.328 e. The fourth-order valence-electron chi connectivity index (χ4n) is 3.69. The van der Waals surface area contributed by atoms with Crippen molar-refractivity contribution in [3.8, 4) is 11.1 Å². The number of aliphatic carboxylic acids is 1. The maximum atomic E-state index is 13.2. The number of carboxylic acids is 1. The lowest BCUT2D eigenvalue weighted by molar-refractivity contribution is -0.131. The molecule has 0 saturated carbocycles. The summed E-state index contributed by atoms with van der Waals surface area (Å²) in [6.45, 7) is 3.53. The molecule has 0 aliphatic carbocycles. The molecule has 35 heavy (non-hydrogen) atoms. The van der Waals surface area contributed by atoms with Gasteiger partial charge in [-0.2, -0.15) is 0 Å². The molecule has 3 aromatic rings. The van der Waals surface area contributed by atoms with Crippen molar-refractivity contribution in [2.45, 2.75) is 32.4 Å². The van der Waals surface area contributed by atoms with E-state index in [1.807, 2.05) is 38.4 Å². The number of nitrogens with zero attached hydrogens (tertiary/aromatic N) is 2. The number of hydrogen-bond donors (Lipinski definition) is 2. The summed E-state index contributed by atoms with van der Waals surface area (Å²) < 4.78 is 0. The first kappa shape index (κ1) is 25.7. The van der Waals surface area contributed by atoms with Crippen molar-refractivity contribution in [3.05, 3.63) is 90.0 Å². The van der Waals surface area contributed by atoms with Gasteiger partial charge in [-0.1, -0.05) is 48.5 Å². The van der Waals surface area contributed by atoms with E-state index in [0.717, 1.165) is 28.5 Å². The molecule has 0 radical (unpaired) electrons. The van der Waals surface area contributed by atoms with Gasteiger partial charge in [-0.05, 0) is 66.4 Å². The number of carboxylic acid groups (broad SMARTS) is 1. The van der Waals surface area contributed by atoms with Crippen LogP contribution in [0.2, 0.25) is 0 Å². The Bertz CT molecular complexity index is 1190. The Labute approximate surface area is 206 Å². The molecule has 0 spiro atoms. The van der Waals surface area contributed by atoms with E-state index < -0.39 is 11.6 Å². The Morgan fingerprint density at radius 1 is 0.886 bits per heavy atom. The van der Waals surface area contributed by atoms with Crippen LogP contribution < -0.4 is 9.80 Å². The van der Waals surface area contributed by atoms with Crippen LogP contribution in [0, 0.1) is 0 Å². The average molecular weight is 473 g/mol. The molecule has 0 bridgehead atoms. The van der Waals surface area contributed by atoms with Crippen LogP contribution in [-0.2, 0) is 16.1 Å². The highest BCUT2D eigenvalue weighted by Gasteiger charge is 2.24. The van der Waals surface area contributed by atoms with Crippen molar-refractivity contribution in [3.63, 3.8) is 0 Å². The lowest BCUT2D eigenvalue weighted by atomic mass is 10.0. The minimum absolute atomic E-state index is 0.0432. The largest absolute Gasteiger partial charge is 0.478 e. The van der Waals surface area contributed by atoms with Crippen molar-refractivity contribution in [2.24, 2.45) is 0 Å². The van der Waals surface area contributed by atoms with Gasteiger partial charge in [-0.15, -0.1) is 0 Å². The molecule has 0 atom stereocenters. The molecule has 0 fully saturated rings. The fraction of sp³-hybridized carbons (Fsp3) is 0.241. The van der Waals surface area contributed by atoms with Crippen LogP contribution in [0.1, 0.15) is 31.4 Å². The van der Waals surface area contributed by atoms with Crippen LogP contribution in [0.4, 0.5) is 11.4 Å². The first-order valence-electron chi connectivity index (χ1n) is 11.4. The molecule has 0 heterocycles. The zero-order chi connectivity index (χ0) is 25.6. The molecule has 6 heteroatoms. The van der Waals surface area contributed by atoms with E-state index in [2.05, 4.69) is 29.2 Å². The maximum Gasteiger partial charge on any atom is 0.328 e. The third-order valence-corrected chi connectivity index (χ3v) is 5.50. The highest BCUT2D eigenvalue weighted by Crippen LogP contribution is 2.26. The van der Waals surface area contributed by atoms with Crippen LogP contribution in [0.5, 0.6) is 0 Å². The summed E-state index contributed by atoms with van der Waals surface area (Å²) in [5.74, 6) is -1.26. The van der Waals surface area contributed by atoms with Crippen molar-refractivity contribution < 1.29 is 19.8 Å². The van der Waals surface area contributed by atoms with Gasteiger partial charge in [-0.25, -0.2) is 4.79 Å². The van der Waals surface area contributed by atoms with E-state index in [9.17, 15) is 14.7 Å². The molecule has 0 saturated heterocycles. The number of carbonyl (C=O) groups excluding carboxylic acids is 1. The Morgan fingerprint density at radius 3 is 2.03 bits per heavy atom. The topological polar surface area (TPSA) is 81.1 Å². The van der Waals surface area contributed by atoms with Gasteiger partial charge >= 0.3 is 5.97 Å². The van der Waals surface area contributed by atoms with Gasteiger partial charge in [0.05, 0.1) is 18.6 Å². The molecule has 2 N–H and O–H groups in total. The summed E-state index contributed by atoms with van der Waals surface area (Å²) >= 11 is 0. The Balaban J connectivity index is 1.87. The van der Waals surface area contributed by atoms with Crippen LogP contribution >= 0.6 is 0 Å². The number of benzene rings is 3. The predicted molar refractivity (Wildman–Crippen MR) is 141 cm³/mol. The summed E-state index contributed by atoms with van der Waals surface area (Å²) in [6.07, 6.45) is 2.51. The van der Waals surface area contributed by atoms with Crippen molar-refractivity contribution in [1.82, 2.24) is 0 Å². The minimum Gasteiger partial charge on any atom is -0.478 e. The molecule has 0 aliphatic rings. The molecule has 0 aliphatic heterocycles. The average Bonchev–Trinajstić information content (AvgIpc) is 2.80. The molecule has 6 nitrogen and oxygen atoms in total. The van der Waals surface area contributed by atoms with E-state index in [4.69, 9.17) is 5.11 Å². The van der Waals surface area contributed by atoms with Crippen molar-refractivity contribution in [1.29, 1.82) is 0 Å². The van der Waals surface area contributed by atoms with Crippen molar-refractivity contribution in [2.75, 3.05) is 23.9 Å². The highest BCUT2D eigenvalue weighted by molar-refractivity contribution is 5.94. The lowest BCUT2D eigenvalue weighted by Crippen LogP contribution is -2.36. The zero-order valence-corrected chi connectivity index (χ0v) is 20.6. The molecule has 3 aromatic carbocycles. The van der Waals surface area contributed by atoms with E-state index in [1.54, 1.807) is 43.0 Å². The quantitative estimate of drug-likeness (QED) is 0.418. The minimum atomic E-state index is -1.15. The molecular weight excluding hydrogens is 440 g/mol. The third-order valence-electron chi connectivity index (χ3n) is 5.50. The number of aliphatic hydroxyl groups is 1. The van der Waals surface area contributed by atoms with E-state index in [1.165, 1.54) is 6.08 Å². The lowest BCUT2D eigenvalue weighted by Gasteiger charge is -2.27. The number of carbonyl (C=O) groups is 2. The van der Waals surface area contributed by atoms with Crippen molar-refractivity contribution >= 4 is 29.3 Å². The molecule has 0 unspecified atom stereocenters.